The number of halogens is 3. The molecule has 0 radical (unpaired) electrons. The van der Waals surface area contributed by atoms with Crippen LogP contribution in [0.3, 0.4) is 0 Å². The number of benzene rings is 1. The van der Waals surface area contributed by atoms with E-state index in [0.717, 1.165) is 25.7 Å². The Balaban J connectivity index is 2.77. The largest absolute Gasteiger partial charge is 0.454 e. The summed E-state index contributed by atoms with van der Waals surface area (Å²) in [6, 6.07) is 5.99. The van der Waals surface area contributed by atoms with Gasteiger partial charge in [0.25, 0.3) is 5.78 Å². The first kappa shape index (κ1) is 14.7. The highest BCUT2D eigenvalue weighted by Crippen LogP contribution is 2.24. The summed E-state index contributed by atoms with van der Waals surface area (Å²) in [4.78, 5) is 11.3. The summed E-state index contributed by atoms with van der Waals surface area (Å²) in [7, 11) is 0. The number of carbonyl (C=O) groups excluding carboxylic acids is 1. The molecule has 0 atom stereocenters. The fraction of sp³-hybridized carbons (Fsp3) is 0.500. The van der Waals surface area contributed by atoms with E-state index in [0.29, 0.717) is 12.0 Å². The van der Waals surface area contributed by atoms with Gasteiger partial charge in [-0.15, -0.1) is 0 Å². The van der Waals surface area contributed by atoms with Crippen molar-refractivity contribution < 1.29 is 18.0 Å². The first-order chi connectivity index (χ1) is 8.46. The zero-order valence-electron chi connectivity index (χ0n) is 10.4. The third-order valence-corrected chi connectivity index (χ3v) is 2.82. The number of ketones is 1. The van der Waals surface area contributed by atoms with E-state index in [-0.39, 0.29) is 5.56 Å². The van der Waals surface area contributed by atoms with Crippen molar-refractivity contribution in [1.29, 1.82) is 0 Å². The van der Waals surface area contributed by atoms with Crippen LogP contribution in [0.25, 0.3) is 0 Å². The molecule has 0 fully saturated rings. The highest BCUT2D eigenvalue weighted by atomic mass is 19.4. The Labute approximate surface area is 105 Å². The highest BCUT2D eigenvalue weighted by molar-refractivity contribution is 6.01. The van der Waals surface area contributed by atoms with Gasteiger partial charge in [-0.05, 0) is 18.4 Å². The Kier molecular flexibility index (Phi) is 5.38. The Morgan fingerprint density at radius 3 is 2.39 bits per heavy atom. The molecule has 4 heteroatoms. The van der Waals surface area contributed by atoms with Gasteiger partial charge >= 0.3 is 6.18 Å². The van der Waals surface area contributed by atoms with Crippen LogP contribution in [0.4, 0.5) is 13.2 Å². The number of Topliss-reactive ketones (excluding diaryl/α,β-unsaturated/α-hetero) is 1. The molecule has 0 heterocycles. The van der Waals surface area contributed by atoms with Crippen molar-refractivity contribution >= 4 is 5.78 Å². The summed E-state index contributed by atoms with van der Waals surface area (Å²) >= 11 is 0. The molecule has 0 unspecified atom stereocenters. The van der Waals surface area contributed by atoms with E-state index in [1.54, 1.807) is 12.1 Å². The van der Waals surface area contributed by atoms with Gasteiger partial charge in [0.2, 0.25) is 0 Å². The van der Waals surface area contributed by atoms with Gasteiger partial charge in [-0.25, -0.2) is 0 Å². The summed E-state index contributed by atoms with van der Waals surface area (Å²) in [5.74, 6) is -1.74. The molecular weight excluding hydrogens is 241 g/mol. The van der Waals surface area contributed by atoms with Gasteiger partial charge in [-0.3, -0.25) is 4.79 Å². The van der Waals surface area contributed by atoms with Gasteiger partial charge in [0.1, 0.15) is 0 Å². The minimum Gasteiger partial charge on any atom is -0.284 e. The van der Waals surface area contributed by atoms with Gasteiger partial charge in [-0.2, -0.15) is 13.2 Å². The molecule has 0 spiro atoms. The third kappa shape index (κ3) is 4.17. The van der Waals surface area contributed by atoms with Gasteiger partial charge in [0.15, 0.2) is 0 Å². The van der Waals surface area contributed by atoms with Crippen molar-refractivity contribution in [3.63, 3.8) is 0 Å². The molecule has 100 valence electrons. The Bertz CT molecular complexity index is 396. The van der Waals surface area contributed by atoms with Gasteiger partial charge in [0, 0.05) is 5.56 Å². The maximum absolute atomic E-state index is 12.4. The zero-order valence-corrected chi connectivity index (χ0v) is 10.4. The van der Waals surface area contributed by atoms with Crippen molar-refractivity contribution in [2.24, 2.45) is 0 Å². The van der Waals surface area contributed by atoms with Crippen LogP contribution in [-0.2, 0) is 6.42 Å². The molecule has 0 aliphatic carbocycles. The summed E-state index contributed by atoms with van der Waals surface area (Å²) in [5, 5.41) is 0. The van der Waals surface area contributed by atoms with Crippen LogP contribution in [0.5, 0.6) is 0 Å². The normalized spacial score (nSPS) is 11.6. The van der Waals surface area contributed by atoms with Crippen LogP contribution in [0, 0.1) is 0 Å². The molecule has 1 aromatic carbocycles. The lowest BCUT2D eigenvalue weighted by atomic mass is 9.98. The summed E-state index contributed by atoms with van der Waals surface area (Å²) < 4.78 is 37.2. The van der Waals surface area contributed by atoms with Crippen molar-refractivity contribution in [2.75, 3.05) is 0 Å². The molecule has 0 aliphatic rings. The SMILES string of the molecule is CCCCCCc1ccccc1C(=O)C(F)(F)F. The number of aryl methyl sites for hydroxylation is 1. The van der Waals surface area contributed by atoms with E-state index in [9.17, 15) is 18.0 Å². The van der Waals surface area contributed by atoms with E-state index in [4.69, 9.17) is 0 Å². The van der Waals surface area contributed by atoms with Crippen molar-refractivity contribution in [2.45, 2.75) is 45.2 Å². The molecule has 0 bridgehead atoms. The highest BCUT2D eigenvalue weighted by Gasteiger charge is 2.40. The fourth-order valence-corrected chi connectivity index (χ4v) is 1.85. The summed E-state index contributed by atoms with van der Waals surface area (Å²) in [5.41, 5.74) is 0.289. The quantitative estimate of drug-likeness (QED) is 0.540. The van der Waals surface area contributed by atoms with Crippen LogP contribution in [0.2, 0.25) is 0 Å². The van der Waals surface area contributed by atoms with Gasteiger partial charge in [0.05, 0.1) is 0 Å². The minimum atomic E-state index is -4.79. The average Bonchev–Trinajstić information content (AvgIpc) is 2.33. The molecule has 18 heavy (non-hydrogen) atoms. The topological polar surface area (TPSA) is 17.1 Å². The molecule has 0 aromatic heterocycles. The number of rotatable bonds is 6. The lowest BCUT2D eigenvalue weighted by molar-refractivity contribution is -0.0885. The van der Waals surface area contributed by atoms with Crippen molar-refractivity contribution in [1.82, 2.24) is 0 Å². The van der Waals surface area contributed by atoms with E-state index < -0.39 is 12.0 Å². The zero-order chi connectivity index (χ0) is 13.6. The van der Waals surface area contributed by atoms with Gasteiger partial charge in [-0.1, -0.05) is 50.5 Å². The van der Waals surface area contributed by atoms with Crippen molar-refractivity contribution in [3.05, 3.63) is 35.4 Å². The molecule has 1 nitrogen and oxygen atoms in total. The molecule has 0 amide bonds. The Hall–Kier alpha value is -1.32. The van der Waals surface area contributed by atoms with E-state index >= 15 is 0 Å². The molecule has 0 N–H and O–H groups in total. The molecule has 1 aromatic rings. The second-order valence-electron chi connectivity index (χ2n) is 4.29. The second-order valence-corrected chi connectivity index (χ2v) is 4.29. The number of carbonyl (C=O) groups is 1. The van der Waals surface area contributed by atoms with E-state index in [1.165, 1.54) is 12.1 Å². The predicted octanol–water partition coefficient (Wildman–Crippen LogP) is 4.55. The smallest absolute Gasteiger partial charge is 0.284 e. The Morgan fingerprint density at radius 1 is 1.11 bits per heavy atom. The third-order valence-electron chi connectivity index (χ3n) is 2.82. The van der Waals surface area contributed by atoms with Crippen LogP contribution in [0.15, 0.2) is 24.3 Å². The first-order valence-electron chi connectivity index (χ1n) is 6.16. The van der Waals surface area contributed by atoms with E-state index in [2.05, 4.69) is 6.92 Å². The van der Waals surface area contributed by atoms with Crippen LogP contribution < -0.4 is 0 Å². The van der Waals surface area contributed by atoms with Crippen molar-refractivity contribution in [3.8, 4) is 0 Å². The summed E-state index contributed by atoms with van der Waals surface area (Å²) in [6.07, 6.45) is -0.336. The number of hydrogen-bond donors (Lipinski definition) is 0. The minimum absolute atomic E-state index is 0.207. The molecule has 0 saturated heterocycles. The second kappa shape index (κ2) is 6.57. The Morgan fingerprint density at radius 2 is 1.78 bits per heavy atom. The average molecular weight is 258 g/mol. The monoisotopic (exact) mass is 258 g/mol. The maximum Gasteiger partial charge on any atom is 0.454 e. The standard InChI is InChI=1S/C14H17F3O/c1-2-3-4-5-8-11-9-6-7-10-12(11)13(18)14(15,16)17/h6-7,9-10H,2-5,8H2,1H3. The van der Waals surface area contributed by atoms with Crippen LogP contribution in [-0.4, -0.2) is 12.0 Å². The molecule has 0 saturated carbocycles. The first-order valence-corrected chi connectivity index (χ1v) is 6.16. The van der Waals surface area contributed by atoms with Gasteiger partial charge < -0.3 is 0 Å². The number of hydrogen-bond acceptors (Lipinski definition) is 1. The molecular formula is C14H17F3O. The fourth-order valence-electron chi connectivity index (χ4n) is 1.85. The summed E-state index contributed by atoms with van der Waals surface area (Å²) in [6.45, 7) is 2.07. The molecule has 0 aliphatic heterocycles. The maximum atomic E-state index is 12.4. The number of unbranched alkanes of at least 4 members (excludes halogenated alkanes) is 3. The van der Waals surface area contributed by atoms with Crippen LogP contribution >= 0.6 is 0 Å². The lowest BCUT2D eigenvalue weighted by Gasteiger charge is -2.10. The van der Waals surface area contributed by atoms with E-state index in [1.807, 2.05) is 0 Å². The molecule has 1 rings (SSSR count). The predicted molar refractivity (Wildman–Crippen MR) is 64.7 cm³/mol. The van der Waals surface area contributed by atoms with Crippen LogP contribution in [0.1, 0.15) is 48.5 Å². The number of alkyl halides is 3. The lowest BCUT2D eigenvalue weighted by Crippen LogP contribution is -2.24.